The minimum absolute atomic E-state index is 0.343. The predicted octanol–water partition coefficient (Wildman–Crippen LogP) is 2.87. The molecule has 0 bridgehead atoms. The highest BCUT2D eigenvalue weighted by molar-refractivity contribution is 5.67. The van der Waals surface area contributed by atoms with Gasteiger partial charge >= 0.3 is 0 Å². The maximum atomic E-state index is 9.33. The van der Waals surface area contributed by atoms with Crippen LogP contribution in [-0.2, 0) is 0 Å². The molecule has 0 unspecified atom stereocenters. The van der Waals surface area contributed by atoms with Crippen LogP contribution in [0.3, 0.4) is 0 Å². The molecule has 0 radical (unpaired) electrons. The summed E-state index contributed by atoms with van der Waals surface area (Å²) in [5.74, 6) is 1.86. The molecular weight excluding hydrogens is 316 g/mol. The van der Waals surface area contributed by atoms with E-state index in [4.69, 9.17) is 9.15 Å². The Morgan fingerprint density at radius 3 is 2.56 bits per heavy atom. The number of benzene rings is 1. The number of nitrogens with zero attached hydrogens (tertiary/aromatic N) is 4. The smallest absolute Gasteiger partial charge is 0.235 e. The lowest BCUT2D eigenvalue weighted by Gasteiger charge is -2.31. The van der Waals surface area contributed by atoms with Crippen LogP contribution >= 0.6 is 0 Å². The van der Waals surface area contributed by atoms with Crippen molar-refractivity contribution in [3.05, 3.63) is 41.4 Å². The Balaban J connectivity index is 1.73. The van der Waals surface area contributed by atoms with Crippen LogP contribution in [0.25, 0.3) is 12.2 Å². The molecule has 0 atom stereocenters. The number of piperazine rings is 1. The Morgan fingerprint density at radius 1 is 1.20 bits per heavy atom. The fraction of sp³-hybridized carbons (Fsp3) is 0.368. The lowest BCUT2D eigenvalue weighted by Crippen LogP contribution is -2.44. The fourth-order valence-corrected chi connectivity index (χ4v) is 2.71. The van der Waals surface area contributed by atoms with Gasteiger partial charge in [-0.1, -0.05) is 12.1 Å². The minimum atomic E-state index is 0.343. The molecule has 25 heavy (non-hydrogen) atoms. The zero-order chi connectivity index (χ0) is 17.6. The lowest BCUT2D eigenvalue weighted by molar-refractivity contribution is 0.306. The molecule has 3 rings (SSSR count). The van der Waals surface area contributed by atoms with Crippen LogP contribution in [-0.4, -0.2) is 49.7 Å². The molecule has 0 N–H and O–H groups in total. The number of hydrogen-bond acceptors (Lipinski definition) is 6. The molecular formula is C19H22N4O2. The van der Waals surface area contributed by atoms with Crippen LogP contribution in [0.5, 0.6) is 5.75 Å². The molecule has 0 saturated carbocycles. The Kier molecular flexibility index (Phi) is 5.36. The standard InChI is InChI=1S/C19H22N4O2/c1-3-24-16-7-4-15(5-8-16)6-9-18-21-17(14-20)19(25-18)23-12-10-22(2)11-13-23/h4-9H,3,10-13H2,1-2H3. The summed E-state index contributed by atoms with van der Waals surface area (Å²) in [4.78, 5) is 8.63. The van der Waals surface area contributed by atoms with Gasteiger partial charge in [0.15, 0.2) is 0 Å². The third-order valence-electron chi connectivity index (χ3n) is 4.13. The van der Waals surface area contributed by atoms with Gasteiger partial charge in [0.05, 0.1) is 6.61 Å². The van der Waals surface area contributed by atoms with Crippen molar-refractivity contribution in [1.82, 2.24) is 9.88 Å². The highest BCUT2D eigenvalue weighted by atomic mass is 16.5. The van der Waals surface area contributed by atoms with E-state index in [1.807, 2.05) is 37.3 Å². The average molecular weight is 338 g/mol. The highest BCUT2D eigenvalue weighted by Gasteiger charge is 2.22. The van der Waals surface area contributed by atoms with Gasteiger partial charge in [-0.3, -0.25) is 0 Å². The molecule has 2 heterocycles. The Morgan fingerprint density at radius 2 is 1.92 bits per heavy atom. The maximum Gasteiger partial charge on any atom is 0.235 e. The summed E-state index contributed by atoms with van der Waals surface area (Å²) in [6.07, 6.45) is 3.70. The first-order valence-corrected chi connectivity index (χ1v) is 8.45. The van der Waals surface area contributed by atoms with Crippen molar-refractivity contribution >= 4 is 18.0 Å². The van der Waals surface area contributed by atoms with E-state index < -0.39 is 0 Å². The van der Waals surface area contributed by atoms with E-state index in [0.29, 0.717) is 24.1 Å². The predicted molar refractivity (Wildman–Crippen MR) is 97.5 cm³/mol. The molecule has 1 aromatic carbocycles. The second-order valence-corrected chi connectivity index (χ2v) is 5.94. The lowest BCUT2D eigenvalue weighted by atomic mass is 10.2. The van der Waals surface area contributed by atoms with Crippen LogP contribution in [0.2, 0.25) is 0 Å². The topological polar surface area (TPSA) is 65.5 Å². The van der Waals surface area contributed by atoms with E-state index in [1.165, 1.54) is 0 Å². The molecule has 1 aromatic heterocycles. The number of aromatic nitrogens is 1. The molecule has 1 aliphatic rings. The van der Waals surface area contributed by atoms with Gasteiger partial charge < -0.3 is 19.0 Å². The fourth-order valence-electron chi connectivity index (χ4n) is 2.71. The number of oxazole rings is 1. The molecule has 1 aliphatic heterocycles. The van der Waals surface area contributed by atoms with Crippen LogP contribution < -0.4 is 9.64 Å². The van der Waals surface area contributed by atoms with E-state index >= 15 is 0 Å². The SMILES string of the molecule is CCOc1ccc(C=Cc2nc(C#N)c(N3CCN(C)CC3)o2)cc1. The van der Waals surface area contributed by atoms with Crippen LogP contribution in [0.4, 0.5) is 5.88 Å². The summed E-state index contributed by atoms with van der Waals surface area (Å²) >= 11 is 0. The monoisotopic (exact) mass is 338 g/mol. The van der Waals surface area contributed by atoms with E-state index in [0.717, 1.165) is 37.5 Å². The second-order valence-electron chi connectivity index (χ2n) is 5.94. The summed E-state index contributed by atoms with van der Waals surface area (Å²) in [7, 11) is 2.09. The van der Waals surface area contributed by atoms with Gasteiger partial charge in [0.25, 0.3) is 0 Å². The molecule has 1 fully saturated rings. The first-order valence-electron chi connectivity index (χ1n) is 8.45. The number of ether oxygens (including phenoxy) is 1. The van der Waals surface area contributed by atoms with E-state index in [1.54, 1.807) is 6.08 Å². The van der Waals surface area contributed by atoms with Crippen LogP contribution in [0, 0.1) is 11.3 Å². The summed E-state index contributed by atoms with van der Waals surface area (Å²) in [5.41, 5.74) is 1.36. The summed E-state index contributed by atoms with van der Waals surface area (Å²) in [6.45, 7) is 6.18. The van der Waals surface area contributed by atoms with Crippen molar-refractivity contribution in [2.24, 2.45) is 0 Å². The molecule has 2 aromatic rings. The summed E-state index contributed by atoms with van der Waals surface area (Å²) < 4.78 is 11.3. The number of hydrogen-bond donors (Lipinski definition) is 0. The van der Waals surface area contributed by atoms with Gasteiger partial charge in [-0.2, -0.15) is 10.2 Å². The highest BCUT2D eigenvalue weighted by Crippen LogP contribution is 2.24. The van der Waals surface area contributed by atoms with E-state index in [2.05, 4.69) is 27.9 Å². The van der Waals surface area contributed by atoms with E-state index in [9.17, 15) is 5.26 Å². The van der Waals surface area contributed by atoms with Gasteiger partial charge in [0, 0.05) is 32.3 Å². The number of nitriles is 1. The van der Waals surface area contributed by atoms with Gasteiger partial charge in [-0.25, -0.2) is 0 Å². The van der Waals surface area contributed by atoms with Gasteiger partial charge in [-0.15, -0.1) is 0 Å². The van der Waals surface area contributed by atoms with Crippen molar-refractivity contribution in [2.45, 2.75) is 6.92 Å². The first kappa shape index (κ1) is 17.1. The van der Waals surface area contributed by atoms with Crippen LogP contribution in [0.1, 0.15) is 24.1 Å². The molecule has 6 heteroatoms. The Hall–Kier alpha value is -2.78. The van der Waals surface area contributed by atoms with Crippen molar-refractivity contribution in [3.63, 3.8) is 0 Å². The molecule has 0 amide bonds. The average Bonchev–Trinajstić information content (AvgIpc) is 3.05. The molecule has 0 aliphatic carbocycles. The van der Waals surface area contributed by atoms with Crippen molar-refractivity contribution in [1.29, 1.82) is 5.26 Å². The largest absolute Gasteiger partial charge is 0.494 e. The minimum Gasteiger partial charge on any atom is -0.494 e. The zero-order valence-electron chi connectivity index (χ0n) is 14.6. The number of anilines is 1. The quantitative estimate of drug-likeness (QED) is 0.835. The Bertz CT molecular complexity index is 766. The van der Waals surface area contributed by atoms with Crippen LogP contribution in [0.15, 0.2) is 28.7 Å². The third kappa shape index (κ3) is 4.20. The van der Waals surface area contributed by atoms with Crippen molar-refractivity contribution < 1.29 is 9.15 Å². The first-order chi connectivity index (χ1) is 12.2. The molecule has 0 spiro atoms. The van der Waals surface area contributed by atoms with Crippen molar-refractivity contribution in [3.8, 4) is 11.8 Å². The number of rotatable bonds is 5. The van der Waals surface area contributed by atoms with Gasteiger partial charge in [0.2, 0.25) is 17.5 Å². The molecule has 6 nitrogen and oxygen atoms in total. The van der Waals surface area contributed by atoms with Gasteiger partial charge in [-0.05, 0) is 37.7 Å². The van der Waals surface area contributed by atoms with E-state index in [-0.39, 0.29) is 0 Å². The molecule has 1 saturated heterocycles. The zero-order valence-corrected chi connectivity index (χ0v) is 14.6. The number of likely N-dealkylation sites (N-methyl/N-ethyl adjacent to an activating group) is 1. The molecule has 130 valence electrons. The maximum absolute atomic E-state index is 9.33. The third-order valence-corrected chi connectivity index (χ3v) is 4.13. The normalized spacial score (nSPS) is 15.5. The Labute approximate surface area is 147 Å². The van der Waals surface area contributed by atoms with Crippen molar-refractivity contribution in [2.75, 3.05) is 44.7 Å². The second kappa shape index (κ2) is 7.86. The summed E-state index contributed by atoms with van der Waals surface area (Å²) in [5, 5.41) is 9.33. The van der Waals surface area contributed by atoms with Gasteiger partial charge in [0.1, 0.15) is 11.8 Å². The summed E-state index contributed by atoms with van der Waals surface area (Å²) in [6, 6.07) is 9.92.